The maximum atomic E-state index is 12.4. The molecule has 2 N–H and O–H groups in total. The Morgan fingerprint density at radius 2 is 1.86 bits per heavy atom. The Hall–Kier alpha value is -1.38. The zero-order chi connectivity index (χ0) is 15.8. The topological polar surface area (TPSA) is 93.6 Å². The van der Waals surface area contributed by atoms with Crippen LogP contribution in [0.5, 0.6) is 0 Å². The van der Waals surface area contributed by atoms with Crippen molar-refractivity contribution in [1.82, 2.24) is 14.7 Å². The summed E-state index contributed by atoms with van der Waals surface area (Å²) in [6.07, 6.45) is 0. The molecule has 1 aliphatic heterocycles. The van der Waals surface area contributed by atoms with E-state index in [1.807, 2.05) is 4.90 Å². The maximum Gasteiger partial charge on any atom is 0.320 e. The molecular formula is C13H25N3O5. The van der Waals surface area contributed by atoms with Crippen molar-refractivity contribution in [1.29, 1.82) is 0 Å². The van der Waals surface area contributed by atoms with Crippen LogP contribution in [0.2, 0.25) is 0 Å². The lowest BCUT2D eigenvalue weighted by molar-refractivity contribution is -0.143. The van der Waals surface area contributed by atoms with Gasteiger partial charge in [-0.3, -0.25) is 9.69 Å². The zero-order valence-electron chi connectivity index (χ0n) is 12.7. The minimum atomic E-state index is -0.850. The van der Waals surface area contributed by atoms with E-state index in [-0.39, 0.29) is 19.2 Å². The lowest BCUT2D eigenvalue weighted by Gasteiger charge is -2.38. The fourth-order valence-corrected chi connectivity index (χ4v) is 2.28. The first-order valence-electron chi connectivity index (χ1n) is 7.11. The average Bonchev–Trinajstić information content (AvgIpc) is 2.50. The normalized spacial score (nSPS) is 17.6. The molecule has 0 spiro atoms. The number of methoxy groups -OCH3 is 1. The summed E-state index contributed by atoms with van der Waals surface area (Å²) in [7, 11) is 1.56. The smallest absolute Gasteiger partial charge is 0.320 e. The Bertz CT molecular complexity index is 345. The Balaban J connectivity index is 2.50. The molecule has 1 rings (SSSR count). The molecule has 0 aromatic rings. The molecule has 0 aliphatic carbocycles. The largest absolute Gasteiger partial charge is 0.480 e. The maximum absolute atomic E-state index is 12.4. The number of carbonyl (C=O) groups is 2. The first-order chi connectivity index (χ1) is 10.0. The first kappa shape index (κ1) is 17.7. The summed E-state index contributed by atoms with van der Waals surface area (Å²) in [6, 6.07) is -0.673. The molecule has 21 heavy (non-hydrogen) atoms. The fourth-order valence-electron chi connectivity index (χ4n) is 2.28. The molecule has 0 radical (unpaired) electrons. The standard InChI is InChI=1S/C13H25N3O5/c1-11(12(18)19)14-3-5-15(6-4-14)13(20)16(7-9-17)8-10-21-2/h11,17H,3-10H2,1-2H3,(H,18,19). The molecular weight excluding hydrogens is 278 g/mol. The second-order valence-electron chi connectivity index (χ2n) is 5.02. The van der Waals surface area contributed by atoms with Gasteiger partial charge in [-0.05, 0) is 6.92 Å². The predicted molar refractivity (Wildman–Crippen MR) is 76.2 cm³/mol. The Morgan fingerprint density at radius 3 is 2.33 bits per heavy atom. The molecule has 1 fully saturated rings. The molecule has 1 atom stereocenters. The highest BCUT2D eigenvalue weighted by Crippen LogP contribution is 2.09. The number of piperazine rings is 1. The lowest BCUT2D eigenvalue weighted by atomic mass is 10.2. The minimum Gasteiger partial charge on any atom is -0.480 e. The number of rotatable bonds is 7. The number of aliphatic hydroxyl groups is 1. The number of aliphatic hydroxyl groups excluding tert-OH is 1. The third kappa shape index (κ3) is 5.14. The molecule has 1 heterocycles. The van der Waals surface area contributed by atoms with E-state index >= 15 is 0 Å². The van der Waals surface area contributed by atoms with Crippen LogP contribution < -0.4 is 0 Å². The second-order valence-corrected chi connectivity index (χ2v) is 5.02. The van der Waals surface area contributed by atoms with Crippen molar-refractivity contribution >= 4 is 12.0 Å². The predicted octanol–water partition coefficient (Wildman–Crippen LogP) is -0.862. The van der Waals surface area contributed by atoms with Gasteiger partial charge in [-0.2, -0.15) is 0 Å². The van der Waals surface area contributed by atoms with Gasteiger partial charge < -0.3 is 24.7 Å². The first-order valence-corrected chi connectivity index (χ1v) is 7.11. The van der Waals surface area contributed by atoms with Crippen LogP contribution in [0.3, 0.4) is 0 Å². The highest BCUT2D eigenvalue weighted by molar-refractivity contribution is 5.75. The van der Waals surface area contributed by atoms with E-state index in [9.17, 15) is 9.59 Å². The number of carbonyl (C=O) groups excluding carboxylic acids is 1. The van der Waals surface area contributed by atoms with E-state index in [1.54, 1.807) is 23.8 Å². The van der Waals surface area contributed by atoms with E-state index in [0.29, 0.717) is 39.3 Å². The van der Waals surface area contributed by atoms with Gasteiger partial charge in [0.15, 0.2) is 0 Å². The van der Waals surface area contributed by atoms with Gasteiger partial charge >= 0.3 is 12.0 Å². The number of hydrogen-bond acceptors (Lipinski definition) is 5. The number of urea groups is 1. The van der Waals surface area contributed by atoms with E-state index in [2.05, 4.69) is 0 Å². The van der Waals surface area contributed by atoms with E-state index < -0.39 is 12.0 Å². The molecule has 2 amide bonds. The Labute approximate surface area is 124 Å². The molecule has 8 nitrogen and oxygen atoms in total. The number of nitrogens with zero attached hydrogens (tertiary/aromatic N) is 3. The van der Waals surface area contributed by atoms with Gasteiger partial charge in [-0.25, -0.2) is 4.79 Å². The summed E-state index contributed by atoms with van der Waals surface area (Å²) in [5, 5.41) is 18.0. The number of ether oxygens (including phenoxy) is 1. The highest BCUT2D eigenvalue weighted by atomic mass is 16.5. The molecule has 0 saturated carbocycles. The van der Waals surface area contributed by atoms with E-state index in [0.717, 1.165) is 0 Å². The molecule has 0 bridgehead atoms. The molecule has 1 unspecified atom stereocenters. The summed E-state index contributed by atoms with van der Waals surface area (Å²) in [5.74, 6) is -0.850. The fraction of sp³-hybridized carbons (Fsp3) is 0.846. The van der Waals surface area contributed by atoms with Crippen LogP contribution in [0.25, 0.3) is 0 Å². The van der Waals surface area contributed by atoms with Gasteiger partial charge in [-0.15, -0.1) is 0 Å². The van der Waals surface area contributed by atoms with Crippen molar-refractivity contribution in [2.75, 3.05) is 59.6 Å². The number of carboxylic acid groups (broad SMARTS) is 1. The molecule has 122 valence electrons. The summed E-state index contributed by atoms with van der Waals surface area (Å²) in [4.78, 5) is 28.4. The summed E-state index contributed by atoms with van der Waals surface area (Å²) in [5.41, 5.74) is 0. The Kier molecular flexibility index (Phi) is 7.41. The van der Waals surface area contributed by atoms with Crippen molar-refractivity contribution in [2.24, 2.45) is 0 Å². The summed E-state index contributed by atoms with van der Waals surface area (Å²) < 4.78 is 4.96. The monoisotopic (exact) mass is 303 g/mol. The second kappa shape index (κ2) is 8.81. The molecule has 0 aromatic carbocycles. The number of carboxylic acids is 1. The van der Waals surface area contributed by atoms with Crippen LogP contribution in [0.1, 0.15) is 6.92 Å². The molecule has 1 saturated heterocycles. The lowest BCUT2D eigenvalue weighted by Crippen LogP contribution is -2.56. The van der Waals surface area contributed by atoms with Crippen molar-refractivity contribution in [3.8, 4) is 0 Å². The van der Waals surface area contributed by atoms with Crippen LogP contribution in [-0.4, -0.2) is 103 Å². The third-order valence-corrected chi connectivity index (χ3v) is 3.70. The number of aliphatic carboxylic acids is 1. The number of amides is 2. The van der Waals surface area contributed by atoms with Crippen molar-refractivity contribution in [2.45, 2.75) is 13.0 Å². The van der Waals surface area contributed by atoms with Gasteiger partial charge in [-0.1, -0.05) is 0 Å². The van der Waals surface area contributed by atoms with Gasteiger partial charge in [0, 0.05) is 46.4 Å². The Morgan fingerprint density at radius 1 is 1.24 bits per heavy atom. The van der Waals surface area contributed by atoms with Crippen molar-refractivity contribution in [3.63, 3.8) is 0 Å². The van der Waals surface area contributed by atoms with Gasteiger partial charge in [0.25, 0.3) is 0 Å². The van der Waals surface area contributed by atoms with Crippen LogP contribution in [0, 0.1) is 0 Å². The summed E-state index contributed by atoms with van der Waals surface area (Å²) in [6.45, 7) is 4.74. The molecule has 1 aliphatic rings. The van der Waals surface area contributed by atoms with Crippen molar-refractivity contribution < 1.29 is 24.5 Å². The van der Waals surface area contributed by atoms with Crippen LogP contribution in [0.4, 0.5) is 4.79 Å². The van der Waals surface area contributed by atoms with Crippen LogP contribution in [-0.2, 0) is 9.53 Å². The van der Waals surface area contributed by atoms with Crippen LogP contribution in [0.15, 0.2) is 0 Å². The van der Waals surface area contributed by atoms with Crippen molar-refractivity contribution in [3.05, 3.63) is 0 Å². The van der Waals surface area contributed by atoms with E-state index in [4.69, 9.17) is 14.9 Å². The van der Waals surface area contributed by atoms with Gasteiger partial charge in [0.05, 0.1) is 13.2 Å². The highest BCUT2D eigenvalue weighted by Gasteiger charge is 2.29. The molecule has 8 heteroatoms. The molecule has 0 aromatic heterocycles. The minimum absolute atomic E-state index is 0.0918. The quantitative estimate of drug-likeness (QED) is 0.635. The van der Waals surface area contributed by atoms with Gasteiger partial charge in [0.1, 0.15) is 6.04 Å². The van der Waals surface area contributed by atoms with Gasteiger partial charge in [0.2, 0.25) is 0 Å². The third-order valence-electron chi connectivity index (χ3n) is 3.70. The van der Waals surface area contributed by atoms with E-state index in [1.165, 1.54) is 0 Å². The SMILES string of the molecule is COCCN(CCO)C(=O)N1CCN(C(C)C(=O)O)CC1. The summed E-state index contributed by atoms with van der Waals surface area (Å²) >= 11 is 0. The van der Waals surface area contributed by atoms with Crippen LogP contribution >= 0.6 is 0 Å². The number of hydrogen-bond donors (Lipinski definition) is 2. The average molecular weight is 303 g/mol. The zero-order valence-corrected chi connectivity index (χ0v) is 12.7.